The molecule has 4 nitrogen and oxygen atoms in total. The van der Waals surface area contributed by atoms with Crippen molar-refractivity contribution in [2.24, 2.45) is 5.92 Å². The van der Waals surface area contributed by atoms with E-state index in [1.807, 2.05) is 29.1 Å². The summed E-state index contributed by atoms with van der Waals surface area (Å²) < 4.78 is 1.86. The average molecular weight is 447 g/mol. The summed E-state index contributed by atoms with van der Waals surface area (Å²) in [5.41, 5.74) is 8.05. The molecule has 0 saturated heterocycles. The summed E-state index contributed by atoms with van der Waals surface area (Å²) in [6.45, 7) is 0. The average Bonchev–Trinajstić information content (AvgIpc) is 3.38. The minimum atomic E-state index is -0.946. The smallest absolute Gasteiger partial charge is 0.328 e. The first kappa shape index (κ1) is 21.7. The van der Waals surface area contributed by atoms with Crippen LogP contribution < -0.4 is 0 Å². The minimum absolute atomic E-state index is 0.523. The fraction of sp³-hybridized carbons (Fsp3) is 0.133. The second-order valence-electron chi connectivity index (χ2n) is 8.57. The lowest BCUT2D eigenvalue weighted by Gasteiger charge is -2.31. The van der Waals surface area contributed by atoms with Crippen LogP contribution in [0.2, 0.25) is 0 Å². The number of aliphatic carboxylic acids is 1. The fourth-order valence-corrected chi connectivity index (χ4v) is 4.51. The number of aromatic nitrogens is 2. The number of carboxylic acid groups (broad SMARTS) is 1. The number of benzene rings is 3. The maximum absolute atomic E-state index is 10.9. The summed E-state index contributed by atoms with van der Waals surface area (Å²) >= 11 is 0. The van der Waals surface area contributed by atoms with Crippen molar-refractivity contribution in [3.8, 4) is 5.69 Å². The Morgan fingerprint density at radius 2 is 1.53 bits per heavy atom. The molecule has 34 heavy (non-hydrogen) atoms. The molecule has 4 aromatic rings. The summed E-state index contributed by atoms with van der Waals surface area (Å²) in [6, 6.07) is 29.3. The second-order valence-corrected chi connectivity index (χ2v) is 8.57. The topological polar surface area (TPSA) is 55.1 Å². The van der Waals surface area contributed by atoms with Gasteiger partial charge < -0.3 is 5.11 Å². The maximum atomic E-state index is 10.9. The highest BCUT2D eigenvalue weighted by Gasteiger charge is 2.27. The molecule has 1 heterocycles. The first-order chi connectivity index (χ1) is 16.7. The Bertz CT molecular complexity index is 1310. The molecule has 0 radical (unpaired) electrons. The zero-order valence-corrected chi connectivity index (χ0v) is 18.8. The first-order valence-electron chi connectivity index (χ1n) is 11.6. The van der Waals surface area contributed by atoms with Crippen LogP contribution in [0.15, 0.2) is 103 Å². The number of allylic oxidation sites excluding steroid dienone is 1. The van der Waals surface area contributed by atoms with Crippen LogP contribution in [0.5, 0.6) is 0 Å². The number of hydrogen-bond donors (Lipinski definition) is 1. The zero-order chi connectivity index (χ0) is 23.3. The molecule has 1 aliphatic carbocycles. The van der Waals surface area contributed by atoms with Crippen molar-refractivity contribution >= 4 is 23.2 Å². The number of nitrogens with zero attached hydrogens (tertiary/aromatic N) is 2. The van der Waals surface area contributed by atoms with Crippen LogP contribution in [0.1, 0.15) is 41.5 Å². The van der Waals surface area contributed by atoms with Gasteiger partial charge in [0.15, 0.2) is 0 Å². The van der Waals surface area contributed by atoms with Crippen molar-refractivity contribution < 1.29 is 9.90 Å². The summed E-state index contributed by atoms with van der Waals surface area (Å²) in [4.78, 5) is 10.9. The van der Waals surface area contributed by atoms with E-state index in [4.69, 9.17) is 5.11 Å². The van der Waals surface area contributed by atoms with E-state index < -0.39 is 5.97 Å². The Morgan fingerprint density at radius 1 is 0.853 bits per heavy atom. The highest BCUT2D eigenvalue weighted by Crippen LogP contribution is 2.45. The molecule has 1 N–H and O–H groups in total. The highest BCUT2D eigenvalue weighted by atomic mass is 16.4. The molecule has 0 aliphatic heterocycles. The molecular formula is C30H26N2O2. The van der Waals surface area contributed by atoms with Crippen molar-refractivity contribution in [2.45, 2.75) is 19.3 Å². The van der Waals surface area contributed by atoms with Gasteiger partial charge in [-0.3, -0.25) is 0 Å². The van der Waals surface area contributed by atoms with Gasteiger partial charge in [-0.25, -0.2) is 9.48 Å². The van der Waals surface area contributed by atoms with Crippen LogP contribution in [-0.4, -0.2) is 20.9 Å². The molecular weight excluding hydrogens is 420 g/mol. The van der Waals surface area contributed by atoms with Gasteiger partial charge in [-0.15, -0.1) is 0 Å². The predicted molar refractivity (Wildman–Crippen MR) is 136 cm³/mol. The third-order valence-corrected chi connectivity index (χ3v) is 6.41. The number of carboxylic acids is 1. The maximum Gasteiger partial charge on any atom is 0.328 e. The Kier molecular flexibility index (Phi) is 6.21. The van der Waals surface area contributed by atoms with Crippen LogP contribution >= 0.6 is 0 Å². The SMILES string of the molecule is O=C(O)/C=C/c1ccc(/C(=C(\c2ccccc2)C2CCC2)c2ccc(-n3cccn3)cc2)cc1. The summed E-state index contributed by atoms with van der Waals surface area (Å²) in [5.74, 6) is -0.423. The van der Waals surface area contributed by atoms with Crippen LogP contribution in [0, 0.1) is 5.92 Å². The van der Waals surface area contributed by atoms with E-state index in [0.717, 1.165) is 22.4 Å². The second kappa shape index (κ2) is 9.75. The molecule has 0 bridgehead atoms. The number of carbonyl (C=O) groups is 1. The van der Waals surface area contributed by atoms with E-state index >= 15 is 0 Å². The third kappa shape index (κ3) is 4.62. The van der Waals surface area contributed by atoms with Gasteiger partial charge in [-0.2, -0.15) is 5.10 Å². The number of rotatable bonds is 7. The minimum Gasteiger partial charge on any atom is -0.478 e. The molecule has 1 aromatic heterocycles. The van der Waals surface area contributed by atoms with Crippen LogP contribution in [0.25, 0.3) is 22.9 Å². The summed E-state index contributed by atoms with van der Waals surface area (Å²) in [5, 5.41) is 13.3. The lowest BCUT2D eigenvalue weighted by atomic mass is 9.73. The standard InChI is InChI=1S/C30H26N2O2/c33-28(34)19-12-22-10-13-25(14-11-22)30(26-15-17-27(18-16-26)32-21-5-20-31-32)29(24-8-4-9-24)23-6-2-1-3-7-23/h1-3,5-7,10-21,24H,4,8-9H2,(H,33,34)/b19-12+,30-29-. The molecule has 0 atom stereocenters. The number of hydrogen-bond acceptors (Lipinski definition) is 2. The van der Waals surface area contributed by atoms with Crippen LogP contribution in [-0.2, 0) is 4.79 Å². The van der Waals surface area contributed by atoms with Crippen LogP contribution in [0.4, 0.5) is 0 Å². The molecule has 0 spiro atoms. The van der Waals surface area contributed by atoms with Crippen LogP contribution in [0.3, 0.4) is 0 Å². The molecule has 0 unspecified atom stereocenters. The molecule has 168 valence electrons. The summed E-state index contributed by atoms with van der Waals surface area (Å²) in [7, 11) is 0. The van der Waals surface area contributed by atoms with Gasteiger partial charge in [0.05, 0.1) is 5.69 Å². The van der Waals surface area contributed by atoms with Gasteiger partial charge in [0.1, 0.15) is 0 Å². The van der Waals surface area contributed by atoms with Gasteiger partial charge in [0, 0.05) is 18.5 Å². The van der Waals surface area contributed by atoms with E-state index in [9.17, 15) is 4.79 Å². The Labute approximate surface area is 199 Å². The van der Waals surface area contributed by atoms with Gasteiger partial charge in [-0.1, -0.05) is 73.2 Å². The van der Waals surface area contributed by atoms with Crippen molar-refractivity contribution in [3.05, 3.63) is 126 Å². The van der Waals surface area contributed by atoms with Crippen molar-refractivity contribution in [3.63, 3.8) is 0 Å². The Balaban J connectivity index is 1.65. The largest absolute Gasteiger partial charge is 0.478 e. The zero-order valence-electron chi connectivity index (χ0n) is 18.8. The Morgan fingerprint density at radius 3 is 2.09 bits per heavy atom. The molecule has 3 aromatic carbocycles. The molecule has 5 rings (SSSR count). The molecule has 1 aliphatic rings. The molecule has 0 amide bonds. The highest BCUT2D eigenvalue weighted by molar-refractivity contribution is 5.99. The van der Waals surface area contributed by atoms with Crippen molar-refractivity contribution in [2.75, 3.05) is 0 Å². The Hall–Kier alpha value is -4.18. The summed E-state index contributed by atoms with van der Waals surface area (Å²) in [6.07, 6.45) is 10.2. The third-order valence-electron chi connectivity index (χ3n) is 6.41. The van der Waals surface area contributed by atoms with Crippen molar-refractivity contribution in [1.82, 2.24) is 9.78 Å². The monoisotopic (exact) mass is 446 g/mol. The lowest BCUT2D eigenvalue weighted by Crippen LogP contribution is -2.15. The molecule has 4 heteroatoms. The van der Waals surface area contributed by atoms with Gasteiger partial charge in [0.2, 0.25) is 0 Å². The fourth-order valence-electron chi connectivity index (χ4n) is 4.51. The van der Waals surface area contributed by atoms with Gasteiger partial charge in [-0.05, 0) is 76.4 Å². The normalized spacial score (nSPS) is 14.6. The van der Waals surface area contributed by atoms with Gasteiger partial charge >= 0.3 is 5.97 Å². The van der Waals surface area contributed by atoms with E-state index in [0.29, 0.717) is 5.92 Å². The van der Waals surface area contributed by atoms with E-state index in [1.54, 1.807) is 12.3 Å². The van der Waals surface area contributed by atoms with E-state index in [1.165, 1.54) is 42.0 Å². The quantitative estimate of drug-likeness (QED) is 0.253. The van der Waals surface area contributed by atoms with E-state index in [-0.39, 0.29) is 0 Å². The molecule has 1 saturated carbocycles. The molecule has 1 fully saturated rings. The van der Waals surface area contributed by atoms with E-state index in [2.05, 4.69) is 71.8 Å². The van der Waals surface area contributed by atoms with Gasteiger partial charge in [0.25, 0.3) is 0 Å². The lowest BCUT2D eigenvalue weighted by molar-refractivity contribution is -0.131. The first-order valence-corrected chi connectivity index (χ1v) is 11.6. The predicted octanol–water partition coefficient (Wildman–Crippen LogP) is 6.73. The van der Waals surface area contributed by atoms with Crippen molar-refractivity contribution in [1.29, 1.82) is 0 Å².